The number of hydrogen-bond donors (Lipinski definition) is 5. The van der Waals surface area contributed by atoms with E-state index in [9.17, 15) is 19.1 Å². The third kappa shape index (κ3) is 6.41. The number of rotatable bonds is 7. The van der Waals surface area contributed by atoms with E-state index < -0.39 is 18.0 Å². The van der Waals surface area contributed by atoms with Crippen molar-refractivity contribution in [2.45, 2.75) is 51.4 Å². The van der Waals surface area contributed by atoms with E-state index in [1.54, 1.807) is 19.9 Å². The molecule has 0 radical (unpaired) electrons. The van der Waals surface area contributed by atoms with Gasteiger partial charge in [-0.1, -0.05) is 11.2 Å². The van der Waals surface area contributed by atoms with Crippen molar-refractivity contribution in [1.29, 1.82) is 0 Å². The highest BCUT2D eigenvalue weighted by Gasteiger charge is 2.31. The van der Waals surface area contributed by atoms with E-state index in [4.69, 9.17) is 9.26 Å². The lowest BCUT2D eigenvalue weighted by Crippen LogP contribution is -2.52. The summed E-state index contributed by atoms with van der Waals surface area (Å²) < 4.78 is 24.2. The van der Waals surface area contributed by atoms with Crippen LogP contribution in [0.25, 0.3) is 0 Å². The van der Waals surface area contributed by atoms with Gasteiger partial charge < -0.3 is 35.6 Å². The highest BCUT2D eigenvalue weighted by molar-refractivity contribution is 5.90. The fourth-order valence-electron chi connectivity index (χ4n) is 3.58. The predicted octanol–water partition coefficient (Wildman–Crippen LogP) is 2.67. The molecule has 0 spiro atoms. The van der Waals surface area contributed by atoms with Gasteiger partial charge in [0.05, 0.1) is 18.8 Å². The Kier molecular flexibility index (Phi) is 8.01. The molecule has 1 aliphatic rings. The number of carbonyl (C=O) groups is 2. The van der Waals surface area contributed by atoms with E-state index in [-0.39, 0.29) is 24.8 Å². The smallest absolute Gasteiger partial charge is 0.319 e. The molecule has 1 aromatic heterocycles. The number of hydrogen-bond acceptors (Lipinski definition) is 6. The molecule has 0 bridgehead atoms. The largest absolute Gasteiger partial charge is 0.394 e. The molecule has 1 fully saturated rings. The number of nitrogens with one attached hydrogen (secondary N) is 4. The molecule has 0 aliphatic carbocycles. The molecule has 1 aromatic carbocycles. The average Bonchev–Trinajstić information content (AvgIpc) is 3.06. The molecule has 32 heavy (non-hydrogen) atoms. The zero-order chi connectivity index (χ0) is 23.1. The molecular formula is C21H28FN5O5. The van der Waals surface area contributed by atoms with Crippen molar-refractivity contribution in [1.82, 2.24) is 15.8 Å². The summed E-state index contributed by atoms with van der Waals surface area (Å²) in [6, 6.07) is 4.31. The number of nitrogens with zero attached hydrogens (tertiary/aromatic N) is 1. The lowest BCUT2D eigenvalue weighted by atomic mass is 9.97. The van der Waals surface area contributed by atoms with Crippen molar-refractivity contribution >= 4 is 23.4 Å². The van der Waals surface area contributed by atoms with Crippen molar-refractivity contribution in [3.05, 3.63) is 41.5 Å². The van der Waals surface area contributed by atoms with Crippen LogP contribution in [0.2, 0.25) is 0 Å². The summed E-state index contributed by atoms with van der Waals surface area (Å²) in [4.78, 5) is 24.3. The number of carbonyl (C=O) groups excluding carboxylic acids is 2. The molecule has 3 rings (SSSR count). The number of halogens is 1. The highest BCUT2D eigenvalue weighted by atomic mass is 19.1. The Morgan fingerprint density at radius 2 is 2.03 bits per heavy atom. The maximum absolute atomic E-state index is 13.3. The van der Waals surface area contributed by atoms with Crippen LogP contribution in [0, 0.1) is 19.7 Å². The molecule has 2 aromatic rings. The highest BCUT2D eigenvalue weighted by Crippen LogP contribution is 2.22. The summed E-state index contributed by atoms with van der Waals surface area (Å²) in [7, 11) is 0. The second-order valence-corrected chi connectivity index (χ2v) is 7.64. The van der Waals surface area contributed by atoms with Crippen LogP contribution in [0.15, 0.2) is 28.8 Å². The van der Waals surface area contributed by atoms with Crippen LogP contribution < -0.4 is 21.3 Å². The van der Waals surface area contributed by atoms with Gasteiger partial charge in [0.15, 0.2) is 5.76 Å². The van der Waals surface area contributed by atoms with Crippen LogP contribution in [-0.4, -0.2) is 53.7 Å². The summed E-state index contributed by atoms with van der Waals surface area (Å²) in [6.45, 7) is 3.56. The van der Waals surface area contributed by atoms with Gasteiger partial charge in [-0.05, 0) is 51.3 Å². The SMILES string of the molecule is Cc1noc(C)c1NC(=O)NCC[C@H]1CC[C@H](NC(=O)Nc2cccc(F)c2)[C@H](CO)O1. The van der Waals surface area contributed by atoms with Gasteiger partial charge in [0.2, 0.25) is 0 Å². The molecule has 0 unspecified atom stereocenters. The maximum Gasteiger partial charge on any atom is 0.319 e. The van der Waals surface area contributed by atoms with Crippen molar-refractivity contribution in [3.63, 3.8) is 0 Å². The van der Waals surface area contributed by atoms with Crippen LogP contribution in [0.1, 0.15) is 30.7 Å². The molecule has 1 saturated heterocycles. The first kappa shape index (κ1) is 23.5. The Morgan fingerprint density at radius 3 is 2.72 bits per heavy atom. The van der Waals surface area contributed by atoms with Crippen LogP contribution >= 0.6 is 0 Å². The Hall–Kier alpha value is -3.18. The van der Waals surface area contributed by atoms with Crippen LogP contribution in [-0.2, 0) is 4.74 Å². The molecule has 0 saturated carbocycles. The van der Waals surface area contributed by atoms with Gasteiger partial charge in [0, 0.05) is 12.2 Å². The van der Waals surface area contributed by atoms with Crippen molar-refractivity contribution < 1.29 is 28.3 Å². The lowest BCUT2D eigenvalue weighted by Gasteiger charge is -2.36. The maximum atomic E-state index is 13.3. The fourth-order valence-corrected chi connectivity index (χ4v) is 3.58. The first-order chi connectivity index (χ1) is 15.4. The summed E-state index contributed by atoms with van der Waals surface area (Å²) in [5.41, 5.74) is 1.47. The number of aryl methyl sites for hydroxylation is 2. The number of benzene rings is 1. The minimum Gasteiger partial charge on any atom is -0.394 e. The molecule has 2 heterocycles. The number of amides is 4. The Labute approximate surface area is 184 Å². The van der Waals surface area contributed by atoms with Gasteiger partial charge in [-0.25, -0.2) is 14.0 Å². The Morgan fingerprint density at radius 1 is 1.22 bits per heavy atom. The quantitative estimate of drug-likeness (QED) is 0.441. The number of aliphatic hydroxyl groups is 1. The van der Waals surface area contributed by atoms with Crippen molar-refractivity contribution in [2.75, 3.05) is 23.8 Å². The molecule has 1 aliphatic heterocycles. The molecular weight excluding hydrogens is 421 g/mol. The molecule has 174 valence electrons. The van der Waals surface area contributed by atoms with Gasteiger partial charge in [-0.15, -0.1) is 0 Å². The van der Waals surface area contributed by atoms with E-state index in [1.807, 2.05) is 0 Å². The van der Waals surface area contributed by atoms with Gasteiger partial charge >= 0.3 is 12.1 Å². The van der Waals surface area contributed by atoms with Gasteiger partial charge in [0.25, 0.3) is 0 Å². The Bertz CT molecular complexity index is 918. The number of anilines is 2. The van der Waals surface area contributed by atoms with Gasteiger partial charge in [-0.2, -0.15) is 0 Å². The van der Waals surface area contributed by atoms with E-state index in [0.717, 1.165) is 0 Å². The van der Waals surface area contributed by atoms with E-state index in [1.165, 1.54) is 18.2 Å². The average molecular weight is 449 g/mol. The topological polar surface area (TPSA) is 138 Å². The van der Waals surface area contributed by atoms with E-state index in [0.29, 0.717) is 48.6 Å². The van der Waals surface area contributed by atoms with Crippen molar-refractivity contribution in [2.24, 2.45) is 0 Å². The minimum absolute atomic E-state index is 0.171. The second-order valence-electron chi connectivity index (χ2n) is 7.64. The Balaban J connectivity index is 1.41. The van der Waals surface area contributed by atoms with Crippen LogP contribution in [0.3, 0.4) is 0 Å². The van der Waals surface area contributed by atoms with Crippen LogP contribution in [0.4, 0.5) is 25.4 Å². The monoisotopic (exact) mass is 449 g/mol. The third-order valence-electron chi connectivity index (χ3n) is 5.22. The van der Waals surface area contributed by atoms with Crippen molar-refractivity contribution in [3.8, 4) is 0 Å². The lowest BCUT2D eigenvalue weighted by molar-refractivity contribution is -0.0885. The van der Waals surface area contributed by atoms with E-state index >= 15 is 0 Å². The number of ether oxygens (including phenoxy) is 1. The number of aromatic nitrogens is 1. The molecule has 5 N–H and O–H groups in total. The van der Waals surface area contributed by atoms with E-state index in [2.05, 4.69) is 26.4 Å². The number of aliphatic hydroxyl groups excluding tert-OH is 1. The predicted molar refractivity (Wildman–Crippen MR) is 115 cm³/mol. The molecule has 3 atom stereocenters. The first-order valence-corrected chi connectivity index (χ1v) is 10.4. The van der Waals surface area contributed by atoms with Gasteiger partial charge in [0.1, 0.15) is 23.3 Å². The fraction of sp³-hybridized carbons (Fsp3) is 0.476. The van der Waals surface area contributed by atoms with Gasteiger partial charge in [-0.3, -0.25) is 0 Å². The zero-order valence-electron chi connectivity index (χ0n) is 18.0. The zero-order valence-corrected chi connectivity index (χ0v) is 18.0. The summed E-state index contributed by atoms with van der Waals surface area (Å²) >= 11 is 0. The molecule has 4 amide bonds. The standard InChI is InChI=1S/C21H28FN5O5/c1-12-19(13(2)32-27-12)26-20(29)23-9-8-16-6-7-17(18(11-28)31-16)25-21(30)24-15-5-3-4-14(22)10-15/h3-5,10,16-18,28H,6-9,11H2,1-2H3,(H2,23,26,29)(H2,24,25,30)/t16-,17+,18+/m1/s1. The molecule has 10 nitrogen and oxygen atoms in total. The van der Waals surface area contributed by atoms with Crippen LogP contribution in [0.5, 0.6) is 0 Å². The summed E-state index contributed by atoms with van der Waals surface area (Å²) in [5.74, 6) is 0.0768. The normalized spacial score (nSPS) is 20.4. The number of urea groups is 2. The molecule has 11 heteroatoms. The second kappa shape index (κ2) is 10.9. The summed E-state index contributed by atoms with van der Waals surface area (Å²) in [6.07, 6.45) is 1.04. The minimum atomic E-state index is -0.580. The summed E-state index contributed by atoms with van der Waals surface area (Å²) in [5, 5.41) is 24.3. The first-order valence-electron chi connectivity index (χ1n) is 10.4. The third-order valence-corrected chi connectivity index (χ3v) is 5.22.